The molecule has 1 aromatic rings. The Morgan fingerprint density at radius 2 is 1.89 bits per heavy atom. The average Bonchev–Trinajstić information content (AvgIpc) is 2.39. The van der Waals surface area contributed by atoms with Crippen LogP contribution in [0.15, 0.2) is 29.2 Å². The molecule has 19 heavy (non-hydrogen) atoms. The third kappa shape index (κ3) is 3.54. The van der Waals surface area contributed by atoms with Crippen molar-refractivity contribution in [1.82, 2.24) is 0 Å². The van der Waals surface area contributed by atoms with E-state index in [1.165, 1.54) is 7.11 Å². The van der Waals surface area contributed by atoms with Crippen molar-refractivity contribution < 1.29 is 22.1 Å². The van der Waals surface area contributed by atoms with Gasteiger partial charge in [0, 0.05) is 20.1 Å². The molecule has 0 saturated carbocycles. The minimum atomic E-state index is -3.76. The third-order valence-electron chi connectivity index (χ3n) is 3.11. The van der Waals surface area contributed by atoms with Crippen molar-refractivity contribution in [2.75, 3.05) is 20.3 Å². The lowest BCUT2D eigenvalue weighted by Gasteiger charge is -2.29. The molecular formula is C13H18O5S. The summed E-state index contributed by atoms with van der Waals surface area (Å²) >= 11 is 0. The zero-order valence-electron chi connectivity index (χ0n) is 11.0. The Balaban J connectivity index is 2.14. The van der Waals surface area contributed by atoms with Gasteiger partial charge in [0.2, 0.25) is 0 Å². The highest BCUT2D eigenvalue weighted by Crippen LogP contribution is 2.21. The van der Waals surface area contributed by atoms with Gasteiger partial charge >= 0.3 is 0 Å². The second-order valence-corrected chi connectivity index (χ2v) is 6.11. The van der Waals surface area contributed by atoms with Gasteiger partial charge in [0.05, 0.1) is 11.5 Å². The van der Waals surface area contributed by atoms with E-state index in [1.54, 1.807) is 24.3 Å². The lowest BCUT2D eigenvalue weighted by atomic mass is 10.1. The van der Waals surface area contributed by atoms with Gasteiger partial charge in [-0.25, -0.2) is 0 Å². The first kappa shape index (κ1) is 14.5. The van der Waals surface area contributed by atoms with Gasteiger partial charge in [0.1, 0.15) is 12.2 Å². The Hall–Kier alpha value is -0.950. The second kappa shape index (κ2) is 6.00. The molecule has 0 radical (unpaired) electrons. The van der Waals surface area contributed by atoms with Crippen LogP contribution >= 0.6 is 0 Å². The SMILES string of the molecule is CO[C@@H]1COCC[C@@H]1OS(=O)(=O)c1ccc(C)cc1. The molecule has 6 heteroatoms. The van der Waals surface area contributed by atoms with Crippen LogP contribution < -0.4 is 0 Å². The molecule has 5 nitrogen and oxygen atoms in total. The maximum Gasteiger partial charge on any atom is 0.297 e. The van der Waals surface area contributed by atoms with Gasteiger partial charge in [0.25, 0.3) is 10.1 Å². The lowest BCUT2D eigenvalue weighted by Crippen LogP contribution is -2.41. The van der Waals surface area contributed by atoms with Gasteiger partial charge in [-0.2, -0.15) is 8.42 Å². The van der Waals surface area contributed by atoms with Crippen LogP contribution in [0.4, 0.5) is 0 Å². The minimum Gasteiger partial charge on any atom is -0.379 e. The summed E-state index contributed by atoms with van der Waals surface area (Å²) < 4.78 is 40.0. The smallest absolute Gasteiger partial charge is 0.297 e. The summed E-state index contributed by atoms with van der Waals surface area (Å²) in [6, 6.07) is 6.58. The van der Waals surface area contributed by atoms with Crippen LogP contribution in [0.25, 0.3) is 0 Å². The van der Waals surface area contributed by atoms with E-state index < -0.39 is 16.2 Å². The van der Waals surface area contributed by atoms with Crippen LogP contribution in [0.3, 0.4) is 0 Å². The molecule has 0 N–H and O–H groups in total. The molecule has 1 fully saturated rings. The first-order chi connectivity index (χ1) is 9.03. The maximum atomic E-state index is 12.2. The summed E-state index contributed by atoms with van der Waals surface area (Å²) in [6.45, 7) is 2.73. The molecule has 1 aliphatic heterocycles. The Labute approximate surface area is 113 Å². The van der Waals surface area contributed by atoms with Crippen LogP contribution in [0.2, 0.25) is 0 Å². The fraction of sp³-hybridized carbons (Fsp3) is 0.538. The van der Waals surface area contributed by atoms with Gasteiger partial charge in [-0.15, -0.1) is 0 Å². The molecule has 1 heterocycles. The molecule has 0 aliphatic carbocycles. The molecule has 1 aliphatic rings. The number of methoxy groups -OCH3 is 1. The molecule has 0 spiro atoms. The zero-order chi connectivity index (χ0) is 13.9. The van der Waals surface area contributed by atoms with Crippen molar-refractivity contribution >= 4 is 10.1 Å². The van der Waals surface area contributed by atoms with E-state index in [0.717, 1.165) is 5.56 Å². The van der Waals surface area contributed by atoms with Crippen molar-refractivity contribution in [2.45, 2.75) is 30.4 Å². The predicted octanol–water partition coefficient (Wildman–Crippen LogP) is 1.50. The Morgan fingerprint density at radius 3 is 2.53 bits per heavy atom. The number of aryl methyl sites for hydroxylation is 1. The van der Waals surface area contributed by atoms with Gasteiger partial charge < -0.3 is 9.47 Å². The average molecular weight is 286 g/mol. The topological polar surface area (TPSA) is 61.8 Å². The molecule has 0 aromatic heterocycles. The first-order valence-corrected chi connectivity index (χ1v) is 7.54. The Kier molecular flexibility index (Phi) is 4.57. The van der Waals surface area contributed by atoms with E-state index in [1.807, 2.05) is 6.92 Å². The zero-order valence-corrected chi connectivity index (χ0v) is 11.9. The van der Waals surface area contributed by atoms with E-state index in [2.05, 4.69) is 0 Å². The van der Waals surface area contributed by atoms with Crippen molar-refractivity contribution in [3.63, 3.8) is 0 Å². The van der Waals surface area contributed by atoms with E-state index in [-0.39, 0.29) is 11.0 Å². The third-order valence-corrected chi connectivity index (χ3v) is 4.46. The van der Waals surface area contributed by atoms with Gasteiger partial charge in [-0.3, -0.25) is 4.18 Å². The Bertz CT molecular complexity index is 508. The minimum absolute atomic E-state index is 0.166. The van der Waals surface area contributed by atoms with E-state index in [9.17, 15) is 8.42 Å². The molecule has 2 atom stereocenters. The number of ether oxygens (including phenoxy) is 2. The normalized spacial score (nSPS) is 24.3. The summed E-state index contributed by atoms with van der Waals surface area (Å²) in [4.78, 5) is 0.166. The van der Waals surface area contributed by atoms with Gasteiger partial charge in [-0.05, 0) is 19.1 Å². The van der Waals surface area contributed by atoms with Crippen LogP contribution in [0.5, 0.6) is 0 Å². The fourth-order valence-corrected chi connectivity index (χ4v) is 3.07. The van der Waals surface area contributed by atoms with Crippen molar-refractivity contribution in [1.29, 1.82) is 0 Å². The Morgan fingerprint density at radius 1 is 1.21 bits per heavy atom. The molecule has 2 rings (SSSR count). The monoisotopic (exact) mass is 286 g/mol. The quantitative estimate of drug-likeness (QED) is 0.785. The fourth-order valence-electron chi connectivity index (χ4n) is 1.95. The summed E-state index contributed by atoms with van der Waals surface area (Å²) in [5.74, 6) is 0. The molecule has 1 aromatic carbocycles. The van der Waals surface area contributed by atoms with Crippen molar-refractivity contribution in [3.8, 4) is 0 Å². The van der Waals surface area contributed by atoms with Crippen LogP contribution in [-0.4, -0.2) is 40.9 Å². The predicted molar refractivity (Wildman–Crippen MR) is 69.5 cm³/mol. The number of hydrogen-bond donors (Lipinski definition) is 0. The number of benzene rings is 1. The molecule has 0 amide bonds. The highest BCUT2D eigenvalue weighted by Gasteiger charge is 2.31. The van der Waals surface area contributed by atoms with Gasteiger partial charge in [-0.1, -0.05) is 17.7 Å². The molecule has 0 unspecified atom stereocenters. The highest BCUT2D eigenvalue weighted by atomic mass is 32.2. The van der Waals surface area contributed by atoms with Crippen LogP contribution in [0.1, 0.15) is 12.0 Å². The summed E-state index contributed by atoms with van der Waals surface area (Å²) in [7, 11) is -2.23. The van der Waals surface area contributed by atoms with Crippen LogP contribution in [0, 0.1) is 6.92 Å². The highest BCUT2D eigenvalue weighted by molar-refractivity contribution is 7.86. The summed E-state index contributed by atoms with van der Waals surface area (Å²) in [5.41, 5.74) is 1.000. The van der Waals surface area contributed by atoms with Gasteiger partial charge in [0.15, 0.2) is 0 Å². The molecule has 0 bridgehead atoms. The maximum absolute atomic E-state index is 12.2. The molecule has 1 saturated heterocycles. The molecular weight excluding hydrogens is 268 g/mol. The standard InChI is InChI=1S/C13H18O5S/c1-10-3-5-11(6-4-10)19(14,15)18-12-7-8-17-9-13(12)16-2/h3-6,12-13H,7-9H2,1-2H3/t12-,13+/m0/s1. The lowest BCUT2D eigenvalue weighted by molar-refractivity contribution is -0.0910. The number of hydrogen-bond acceptors (Lipinski definition) is 5. The van der Waals surface area contributed by atoms with Crippen LogP contribution in [-0.2, 0) is 23.8 Å². The number of rotatable bonds is 4. The largest absolute Gasteiger partial charge is 0.379 e. The van der Waals surface area contributed by atoms with E-state index in [0.29, 0.717) is 19.6 Å². The van der Waals surface area contributed by atoms with Crippen molar-refractivity contribution in [2.24, 2.45) is 0 Å². The first-order valence-electron chi connectivity index (χ1n) is 6.13. The summed E-state index contributed by atoms with van der Waals surface area (Å²) in [6.07, 6.45) is -0.345. The second-order valence-electron chi connectivity index (χ2n) is 4.54. The van der Waals surface area contributed by atoms with Crippen molar-refractivity contribution in [3.05, 3.63) is 29.8 Å². The van der Waals surface area contributed by atoms with E-state index in [4.69, 9.17) is 13.7 Å². The molecule has 106 valence electrons. The van der Waals surface area contributed by atoms with E-state index >= 15 is 0 Å². The summed E-state index contributed by atoms with van der Waals surface area (Å²) in [5, 5.41) is 0.